The van der Waals surface area contributed by atoms with E-state index in [1.165, 1.54) is 5.56 Å². The highest BCUT2D eigenvalue weighted by molar-refractivity contribution is 5.76. The van der Waals surface area contributed by atoms with E-state index >= 15 is 0 Å². The minimum atomic E-state index is -0.00987. The number of hydrogen-bond acceptors (Lipinski definition) is 3. The van der Waals surface area contributed by atoms with Crippen molar-refractivity contribution < 1.29 is 0 Å². The van der Waals surface area contributed by atoms with E-state index in [1.807, 2.05) is 13.0 Å². The molecule has 0 aliphatic heterocycles. The van der Waals surface area contributed by atoms with Gasteiger partial charge in [0.1, 0.15) is 5.82 Å². The molecule has 0 saturated heterocycles. The second-order valence-electron chi connectivity index (χ2n) is 5.20. The Kier molecular flexibility index (Phi) is 3.35. The average molecular weight is 242 g/mol. The first-order chi connectivity index (χ1) is 8.53. The molecule has 2 rings (SSSR count). The Hall–Kier alpha value is -1.86. The Balaban J connectivity index is 2.26. The van der Waals surface area contributed by atoms with Crippen LogP contribution in [0.15, 0.2) is 18.2 Å². The Bertz CT molecular complexity index is 589. The molecule has 2 aromatic rings. The summed E-state index contributed by atoms with van der Waals surface area (Å²) in [6.07, 6.45) is 0. The molecule has 0 saturated carbocycles. The van der Waals surface area contributed by atoms with Crippen LogP contribution in [0.3, 0.4) is 0 Å². The highest BCUT2D eigenvalue weighted by Crippen LogP contribution is 2.25. The van der Waals surface area contributed by atoms with Crippen LogP contribution < -0.4 is 5.32 Å². The summed E-state index contributed by atoms with van der Waals surface area (Å²) in [5.74, 6) is 0.933. The van der Waals surface area contributed by atoms with E-state index in [2.05, 4.69) is 47.3 Å². The first-order valence-corrected chi connectivity index (χ1v) is 6.07. The van der Waals surface area contributed by atoms with Crippen molar-refractivity contribution in [3.05, 3.63) is 29.6 Å². The largest absolute Gasteiger partial charge is 0.342 e. The first kappa shape index (κ1) is 12.6. The summed E-state index contributed by atoms with van der Waals surface area (Å²) < 4.78 is 0. The van der Waals surface area contributed by atoms with E-state index in [-0.39, 0.29) is 5.41 Å². The number of nitrogens with one attached hydrogen (secondary N) is 2. The number of nitrogens with zero attached hydrogens (tertiary/aromatic N) is 2. The second-order valence-corrected chi connectivity index (χ2v) is 5.20. The molecule has 0 aliphatic carbocycles. The lowest BCUT2D eigenvalue weighted by Crippen LogP contribution is -2.33. The molecule has 0 atom stereocenters. The number of benzene rings is 1. The van der Waals surface area contributed by atoms with Crippen molar-refractivity contribution in [3.8, 4) is 6.07 Å². The quantitative estimate of drug-likeness (QED) is 0.638. The molecule has 2 N–H and O–H groups in total. The molecule has 0 unspecified atom stereocenters. The number of nitriles is 1. The third-order valence-corrected chi connectivity index (χ3v) is 3.15. The van der Waals surface area contributed by atoms with Crippen LogP contribution in [-0.2, 0) is 5.41 Å². The Labute approximate surface area is 107 Å². The van der Waals surface area contributed by atoms with Crippen LogP contribution in [0.1, 0.15) is 25.2 Å². The van der Waals surface area contributed by atoms with Crippen molar-refractivity contribution >= 4 is 11.0 Å². The predicted octanol–water partition coefficient (Wildman–Crippen LogP) is 2.26. The van der Waals surface area contributed by atoms with Crippen LogP contribution in [-0.4, -0.2) is 23.1 Å². The molecule has 4 nitrogen and oxygen atoms in total. The summed E-state index contributed by atoms with van der Waals surface area (Å²) in [6, 6.07) is 8.39. The van der Waals surface area contributed by atoms with Crippen molar-refractivity contribution in [2.75, 3.05) is 13.1 Å². The van der Waals surface area contributed by atoms with E-state index in [0.717, 1.165) is 23.4 Å². The predicted molar refractivity (Wildman–Crippen MR) is 72.3 cm³/mol. The number of aromatic nitrogens is 2. The summed E-state index contributed by atoms with van der Waals surface area (Å²) in [5, 5.41) is 11.7. The first-order valence-electron chi connectivity index (χ1n) is 6.07. The fourth-order valence-electron chi connectivity index (χ4n) is 2.09. The van der Waals surface area contributed by atoms with Crippen LogP contribution in [0, 0.1) is 18.3 Å². The number of aromatic amines is 1. The molecule has 94 valence electrons. The third-order valence-electron chi connectivity index (χ3n) is 3.15. The highest BCUT2D eigenvalue weighted by Gasteiger charge is 2.20. The maximum absolute atomic E-state index is 8.55. The number of imidazole rings is 1. The number of H-pyrrole nitrogens is 1. The van der Waals surface area contributed by atoms with Gasteiger partial charge in [-0.3, -0.25) is 0 Å². The third kappa shape index (κ3) is 2.52. The Morgan fingerprint density at radius 1 is 1.44 bits per heavy atom. The van der Waals surface area contributed by atoms with E-state index in [4.69, 9.17) is 5.26 Å². The molecule has 0 radical (unpaired) electrons. The smallest absolute Gasteiger partial charge is 0.104 e. The summed E-state index contributed by atoms with van der Waals surface area (Å²) in [5.41, 5.74) is 3.30. The molecule has 1 aromatic carbocycles. The van der Waals surface area contributed by atoms with Crippen molar-refractivity contribution in [2.24, 2.45) is 0 Å². The maximum Gasteiger partial charge on any atom is 0.104 e. The average Bonchev–Trinajstić information content (AvgIpc) is 2.68. The molecule has 1 aromatic heterocycles. The molecule has 18 heavy (non-hydrogen) atoms. The lowest BCUT2D eigenvalue weighted by atomic mass is 9.84. The summed E-state index contributed by atoms with van der Waals surface area (Å²) in [6.45, 7) is 7.46. The van der Waals surface area contributed by atoms with Gasteiger partial charge in [0, 0.05) is 12.0 Å². The molecule has 1 heterocycles. The van der Waals surface area contributed by atoms with Gasteiger partial charge in [-0.15, -0.1) is 0 Å². The van der Waals surface area contributed by atoms with Gasteiger partial charge >= 0.3 is 0 Å². The standard InChI is InChI=1S/C14H18N4/c1-10-17-12-5-4-11(8-13(12)18-10)14(2,3)9-16-7-6-15/h4-5,8,16H,7,9H2,1-3H3,(H,17,18). The summed E-state index contributed by atoms with van der Waals surface area (Å²) >= 11 is 0. The van der Waals surface area contributed by atoms with E-state index in [0.29, 0.717) is 6.54 Å². The lowest BCUT2D eigenvalue weighted by molar-refractivity contribution is 0.485. The summed E-state index contributed by atoms with van der Waals surface area (Å²) in [4.78, 5) is 7.65. The monoisotopic (exact) mass is 242 g/mol. The summed E-state index contributed by atoms with van der Waals surface area (Å²) in [7, 11) is 0. The number of aryl methyl sites for hydroxylation is 1. The SMILES string of the molecule is Cc1nc2ccc(C(C)(C)CNCC#N)cc2[nH]1. The van der Waals surface area contributed by atoms with Crippen molar-refractivity contribution in [2.45, 2.75) is 26.2 Å². The molecular weight excluding hydrogens is 224 g/mol. The van der Waals surface area contributed by atoms with Crippen LogP contribution in [0.5, 0.6) is 0 Å². The van der Waals surface area contributed by atoms with E-state index in [9.17, 15) is 0 Å². The van der Waals surface area contributed by atoms with Gasteiger partial charge in [0.15, 0.2) is 0 Å². The van der Waals surface area contributed by atoms with Crippen LogP contribution in [0.25, 0.3) is 11.0 Å². The lowest BCUT2D eigenvalue weighted by Gasteiger charge is -2.25. The molecule has 4 heteroatoms. The molecule has 0 bridgehead atoms. The van der Waals surface area contributed by atoms with E-state index < -0.39 is 0 Å². The van der Waals surface area contributed by atoms with Gasteiger partial charge in [-0.2, -0.15) is 5.26 Å². The molecule has 0 fully saturated rings. The van der Waals surface area contributed by atoms with E-state index in [1.54, 1.807) is 0 Å². The van der Waals surface area contributed by atoms with Crippen LogP contribution in [0.4, 0.5) is 0 Å². The van der Waals surface area contributed by atoms with Crippen LogP contribution >= 0.6 is 0 Å². The van der Waals surface area contributed by atoms with Gasteiger partial charge in [0.05, 0.1) is 23.6 Å². The number of fused-ring (bicyclic) bond motifs is 1. The van der Waals surface area contributed by atoms with Gasteiger partial charge < -0.3 is 10.3 Å². The van der Waals surface area contributed by atoms with Gasteiger partial charge in [-0.05, 0) is 24.6 Å². The van der Waals surface area contributed by atoms with Gasteiger partial charge in [0.2, 0.25) is 0 Å². The highest BCUT2D eigenvalue weighted by atomic mass is 14.9. The van der Waals surface area contributed by atoms with Gasteiger partial charge in [-0.1, -0.05) is 19.9 Å². The number of rotatable bonds is 4. The fourth-order valence-corrected chi connectivity index (χ4v) is 2.09. The van der Waals surface area contributed by atoms with Crippen molar-refractivity contribution in [1.82, 2.24) is 15.3 Å². The van der Waals surface area contributed by atoms with Gasteiger partial charge in [-0.25, -0.2) is 4.98 Å². The molecule has 0 spiro atoms. The normalized spacial score (nSPS) is 11.7. The second kappa shape index (κ2) is 4.79. The topological polar surface area (TPSA) is 64.5 Å². The fraction of sp³-hybridized carbons (Fsp3) is 0.429. The Morgan fingerprint density at radius 3 is 2.94 bits per heavy atom. The van der Waals surface area contributed by atoms with Crippen molar-refractivity contribution in [1.29, 1.82) is 5.26 Å². The molecular formula is C14H18N4. The minimum absolute atomic E-state index is 0.00987. The molecule has 0 amide bonds. The minimum Gasteiger partial charge on any atom is -0.342 e. The molecule has 0 aliphatic rings. The zero-order valence-electron chi connectivity index (χ0n) is 11.0. The van der Waals surface area contributed by atoms with Crippen molar-refractivity contribution in [3.63, 3.8) is 0 Å². The zero-order valence-corrected chi connectivity index (χ0v) is 11.0. The number of hydrogen-bond donors (Lipinski definition) is 2. The zero-order chi connectivity index (χ0) is 13.2. The Morgan fingerprint density at radius 2 is 2.22 bits per heavy atom. The van der Waals surface area contributed by atoms with Gasteiger partial charge in [0.25, 0.3) is 0 Å². The van der Waals surface area contributed by atoms with Crippen LogP contribution in [0.2, 0.25) is 0 Å². The maximum atomic E-state index is 8.55.